The molecule has 1 fully saturated rings. The largest absolute Gasteiger partial charge is 0.481 e. The van der Waals surface area contributed by atoms with E-state index in [1.54, 1.807) is 16.2 Å². The Morgan fingerprint density at radius 3 is 2.95 bits per heavy atom. The zero-order chi connectivity index (χ0) is 14.5. The second-order valence-corrected chi connectivity index (χ2v) is 6.06. The van der Waals surface area contributed by atoms with Gasteiger partial charge in [0.1, 0.15) is 0 Å². The van der Waals surface area contributed by atoms with Crippen LogP contribution in [0.15, 0.2) is 17.5 Å². The van der Waals surface area contributed by atoms with Gasteiger partial charge in [-0.1, -0.05) is 19.4 Å². The van der Waals surface area contributed by atoms with Gasteiger partial charge >= 0.3 is 12.0 Å². The van der Waals surface area contributed by atoms with E-state index in [2.05, 4.69) is 12.2 Å². The molecule has 0 aliphatic carbocycles. The fraction of sp³-hybridized carbons (Fsp3) is 0.571. The number of hydrogen-bond acceptors (Lipinski definition) is 3. The number of carbonyl (C=O) groups excluding carboxylic acids is 1. The van der Waals surface area contributed by atoms with Gasteiger partial charge in [0, 0.05) is 18.0 Å². The Morgan fingerprint density at radius 2 is 2.40 bits per heavy atom. The Bertz CT molecular complexity index is 461. The van der Waals surface area contributed by atoms with Gasteiger partial charge in [-0.05, 0) is 24.3 Å². The fourth-order valence-corrected chi connectivity index (χ4v) is 3.26. The monoisotopic (exact) mass is 296 g/mol. The molecule has 1 aromatic rings. The van der Waals surface area contributed by atoms with E-state index in [9.17, 15) is 9.59 Å². The van der Waals surface area contributed by atoms with Crippen LogP contribution in [0, 0.1) is 5.92 Å². The third-order valence-electron chi connectivity index (χ3n) is 3.59. The van der Waals surface area contributed by atoms with Crippen molar-refractivity contribution < 1.29 is 14.7 Å². The molecule has 110 valence electrons. The van der Waals surface area contributed by atoms with Crippen LogP contribution in [0.5, 0.6) is 0 Å². The molecule has 2 rings (SSSR count). The normalized spacial score (nSPS) is 19.9. The highest BCUT2D eigenvalue weighted by molar-refractivity contribution is 7.10. The van der Waals surface area contributed by atoms with Gasteiger partial charge in [-0.2, -0.15) is 0 Å². The minimum atomic E-state index is -0.816. The van der Waals surface area contributed by atoms with Crippen molar-refractivity contribution in [2.45, 2.75) is 32.2 Å². The first-order chi connectivity index (χ1) is 9.61. The number of aliphatic carboxylic acids is 1. The van der Waals surface area contributed by atoms with Crippen molar-refractivity contribution in [1.82, 2.24) is 10.2 Å². The van der Waals surface area contributed by atoms with E-state index >= 15 is 0 Å². The van der Waals surface area contributed by atoms with Crippen LogP contribution in [0.4, 0.5) is 4.79 Å². The smallest absolute Gasteiger partial charge is 0.317 e. The van der Waals surface area contributed by atoms with E-state index < -0.39 is 11.9 Å². The Morgan fingerprint density at radius 1 is 1.60 bits per heavy atom. The number of nitrogens with zero attached hydrogens (tertiary/aromatic N) is 1. The zero-order valence-corrected chi connectivity index (χ0v) is 12.4. The number of hydrogen-bond donors (Lipinski definition) is 2. The van der Waals surface area contributed by atoms with Gasteiger partial charge in [0.25, 0.3) is 0 Å². The molecule has 2 unspecified atom stereocenters. The first-order valence-corrected chi connectivity index (χ1v) is 7.81. The molecule has 2 N–H and O–H groups in total. The summed E-state index contributed by atoms with van der Waals surface area (Å²) in [6.07, 6.45) is 2.42. The topological polar surface area (TPSA) is 69.6 Å². The summed E-state index contributed by atoms with van der Waals surface area (Å²) in [4.78, 5) is 25.9. The highest BCUT2D eigenvalue weighted by atomic mass is 32.1. The molecule has 2 atom stereocenters. The molecule has 20 heavy (non-hydrogen) atoms. The molecule has 5 nitrogen and oxygen atoms in total. The third kappa shape index (κ3) is 3.50. The van der Waals surface area contributed by atoms with Crippen LogP contribution in [0.3, 0.4) is 0 Å². The molecule has 1 aliphatic rings. The summed E-state index contributed by atoms with van der Waals surface area (Å²) in [7, 11) is 0. The molecule has 0 spiro atoms. The van der Waals surface area contributed by atoms with Crippen molar-refractivity contribution in [1.29, 1.82) is 0 Å². The Hall–Kier alpha value is -1.56. The minimum Gasteiger partial charge on any atom is -0.481 e. The first-order valence-electron chi connectivity index (χ1n) is 6.93. The van der Waals surface area contributed by atoms with Crippen LogP contribution in [0.1, 0.15) is 37.1 Å². The molecular weight excluding hydrogens is 276 g/mol. The number of amides is 2. The number of carboxylic acid groups (broad SMARTS) is 1. The second-order valence-electron chi connectivity index (χ2n) is 5.08. The van der Waals surface area contributed by atoms with Crippen molar-refractivity contribution in [2.24, 2.45) is 5.92 Å². The number of thiophene rings is 1. The molecule has 2 amide bonds. The highest BCUT2D eigenvalue weighted by Gasteiger charge is 2.31. The van der Waals surface area contributed by atoms with E-state index in [-0.39, 0.29) is 12.1 Å². The molecule has 0 aromatic carbocycles. The van der Waals surface area contributed by atoms with Gasteiger partial charge in [0.2, 0.25) is 0 Å². The number of rotatable bonds is 5. The highest BCUT2D eigenvalue weighted by Crippen LogP contribution is 2.24. The third-order valence-corrected chi connectivity index (χ3v) is 4.57. The molecule has 0 saturated carbocycles. The van der Waals surface area contributed by atoms with Gasteiger partial charge in [-0.25, -0.2) is 4.79 Å². The Kier molecular flexibility index (Phi) is 5.00. The van der Waals surface area contributed by atoms with Crippen molar-refractivity contribution in [3.63, 3.8) is 0 Å². The van der Waals surface area contributed by atoms with Gasteiger partial charge in [0.15, 0.2) is 0 Å². The first kappa shape index (κ1) is 14.8. The molecular formula is C14H20N2O3S. The van der Waals surface area contributed by atoms with Gasteiger partial charge in [0.05, 0.1) is 12.0 Å². The lowest BCUT2D eigenvalue weighted by Gasteiger charge is -2.22. The van der Waals surface area contributed by atoms with Crippen molar-refractivity contribution in [3.8, 4) is 0 Å². The van der Waals surface area contributed by atoms with E-state index in [1.165, 1.54) is 0 Å². The predicted molar refractivity (Wildman–Crippen MR) is 77.8 cm³/mol. The molecule has 1 aromatic heterocycles. The average molecular weight is 296 g/mol. The summed E-state index contributed by atoms with van der Waals surface area (Å²) < 4.78 is 0. The molecule has 6 heteroatoms. The Labute approximate surface area is 122 Å². The summed E-state index contributed by atoms with van der Waals surface area (Å²) in [5, 5.41) is 14.0. The number of likely N-dealkylation sites (tertiary alicyclic amines) is 1. The number of carboxylic acids is 1. The van der Waals surface area contributed by atoms with Crippen molar-refractivity contribution >= 4 is 23.3 Å². The standard InChI is InChI=1S/C14H20N2O3S/c1-2-4-11(12-5-3-8-20-12)15-14(19)16-7-6-10(9-16)13(17)18/h3,5,8,10-11H,2,4,6-7,9H2,1H3,(H,15,19)(H,17,18). The fourth-order valence-electron chi connectivity index (χ4n) is 2.45. The average Bonchev–Trinajstić information content (AvgIpc) is 3.09. The van der Waals surface area contributed by atoms with Gasteiger partial charge < -0.3 is 15.3 Å². The van der Waals surface area contributed by atoms with Crippen LogP contribution in [-0.2, 0) is 4.79 Å². The lowest BCUT2D eigenvalue weighted by Crippen LogP contribution is -2.40. The van der Waals surface area contributed by atoms with E-state index in [0.717, 1.165) is 17.7 Å². The minimum absolute atomic E-state index is 0.0244. The van der Waals surface area contributed by atoms with Crippen LogP contribution in [0.2, 0.25) is 0 Å². The molecule has 0 radical (unpaired) electrons. The van der Waals surface area contributed by atoms with Crippen LogP contribution >= 0.6 is 11.3 Å². The maximum absolute atomic E-state index is 12.2. The van der Waals surface area contributed by atoms with Crippen LogP contribution < -0.4 is 5.32 Å². The summed E-state index contributed by atoms with van der Waals surface area (Å²) in [6, 6.07) is 3.87. The summed E-state index contributed by atoms with van der Waals surface area (Å²) in [5.74, 6) is -1.24. The summed E-state index contributed by atoms with van der Waals surface area (Å²) in [5.41, 5.74) is 0. The van der Waals surface area contributed by atoms with E-state index in [4.69, 9.17) is 5.11 Å². The van der Waals surface area contributed by atoms with Crippen LogP contribution in [0.25, 0.3) is 0 Å². The molecule has 0 bridgehead atoms. The molecule has 1 saturated heterocycles. The number of nitrogens with one attached hydrogen (secondary N) is 1. The Balaban J connectivity index is 1.94. The van der Waals surface area contributed by atoms with Crippen molar-refractivity contribution in [2.75, 3.05) is 13.1 Å². The van der Waals surface area contributed by atoms with Gasteiger partial charge in [-0.15, -0.1) is 11.3 Å². The van der Waals surface area contributed by atoms with Crippen molar-refractivity contribution in [3.05, 3.63) is 22.4 Å². The lowest BCUT2D eigenvalue weighted by atomic mass is 10.1. The van der Waals surface area contributed by atoms with E-state index in [1.807, 2.05) is 17.5 Å². The summed E-state index contributed by atoms with van der Waals surface area (Å²) in [6.45, 7) is 2.92. The van der Waals surface area contributed by atoms with Gasteiger partial charge in [-0.3, -0.25) is 4.79 Å². The quantitative estimate of drug-likeness (QED) is 0.877. The molecule has 2 heterocycles. The van der Waals surface area contributed by atoms with Crippen LogP contribution in [-0.4, -0.2) is 35.1 Å². The SMILES string of the molecule is CCCC(NC(=O)N1CCC(C(=O)O)C1)c1cccs1. The second kappa shape index (κ2) is 6.74. The number of urea groups is 1. The summed E-state index contributed by atoms with van der Waals surface area (Å²) >= 11 is 1.63. The van der Waals surface area contributed by atoms with E-state index in [0.29, 0.717) is 19.5 Å². The maximum atomic E-state index is 12.2. The number of carbonyl (C=O) groups is 2. The maximum Gasteiger partial charge on any atom is 0.317 e. The predicted octanol–water partition coefficient (Wildman–Crippen LogP) is 2.71. The zero-order valence-electron chi connectivity index (χ0n) is 11.5. The molecule has 1 aliphatic heterocycles. The lowest BCUT2D eigenvalue weighted by molar-refractivity contribution is -0.141.